The largest absolute Gasteiger partial charge is 0.480 e. The standard InChI is InChI=1S/C16H20ClNO2/c17-13-7-3-1-6-12(13)10-18-14-8-4-2-5-11(14)9-15(18)16(19)20/h1,3,6-7,11,14-15H,2,4-5,8-10H2,(H,19,20)/t11-,14+,15+/m1/s1. The summed E-state index contributed by atoms with van der Waals surface area (Å²) in [5.74, 6) is -0.140. The van der Waals surface area contributed by atoms with E-state index >= 15 is 0 Å². The first-order valence-electron chi connectivity index (χ1n) is 7.39. The van der Waals surface area contributed by atoms with Gasteiger partial charge in [-0.05, 0) is 36.8 Å². The molecule has 1 heterocycles. The summed E-state index contributed by atoms with van der Waals surface area (Å²) in [6.45, 7) is 0.651. The minimum Gasteiger partial charge on any atom is -0.480 e. The third-order valence-corrected chi connectivity index (χ3v) is 5.19. The maximum atomic E-state index is 11.6. The van der Waals surface area contributed by atoms with Crippen molar-refractivity contribution < 1.29 is 9.90 Å². The molecular formula is C16H20ClNO2. The number of nitrogens with zero attached hydrogens (tertiary/aromatic N) is 1. The number of fused-ring (bicyclic) bond motifs is 1. The zero-order valence-electron chi connectivity index (χ0n) is 11.5. The number of likely N-dealkylation sites (tertiary alicyclic amines) is 1. The van der Waals surface area contributed by atoms with Crippen molar-refractivity contribution in [1.82, 2.24) is 4.90 Å². The average Bonchev–Trinajstić information content (AvgIpc) is 2.81. The Kier molecular flexibility index (Phi) is 3.99. The van der Waals surface area contributed by atoms with Gasteiger partial charge in [0.15, 0.2) is 0 Å². The van der Waals surface area contributed by atoms with Gasteiger partial charge in [0, 0.05) is 17.6 Å². The van der Waals surface area contributed by atoms with Crippen molar-refractivity contribution in [2.75, 3.05) is 0 Å². The number of carboxylic acids is 1. The molecule has 2 fully saturated rings. The Balaban J connectivity index is 1.84. The summed E-state index contributed by atoms with van der Waals surface area (Å²) in [6, 6.07) is 7.82. The molecule has 4 heteroatoms. The molecule has 3 atom stereocenters. The first kappa shape index (κ1) is 13.9. The fourth-order valence-electron chi connectivity index (χ4n) is 3.85. The predicted molar refractivity (Wildman–Crippen MR) is 78.8 cm³/mol. The lowest BCUT2D eigenvalue weighted by atomic mass is 9.84. The van der Waals surface area contributed by atoms with Crippen LogP contribution in [0.25, 0.3) is 0 Å². The summed E-state index contributed by atoms with van der Waals surface area (Å²) < 4.78 is 0. The van der Waals surface area contributed by atoms with Crippen LogP contribution in [-0.2, 0) is 11.3 Å². The molecule has 1 N–H and O–H groups in total. The Morgan fingerprint density at radius 3 is 2.80 bits per heavy atom. The number of rotatable bonds is 3. The minimum absolute atomic E-state index is 0.348. The van der Waals surface area contributed by atoms with Crippen molar-refractivity contribution in [2.24, 2.45) is 5.92 Å². The van der Waals surface area contributed by atoms with E-state index in [-0.39, 0.29) is 6.04 Å². The van der Waals surface area contributed by atoms with Crippen LogP contribution in [-0.4, -0.2) is 28.1 Å². The van der Waals surface area contributed by atoms with Crippen LogP contribution >= 0.6 is 11.6 Å². The lowest BCUT2D eigenvalue weighted by molar-refractivity contribution is -0.142. The van der Waals surface area contributed by atoms with E-state index in [1.165, 1.54) is 19.3 Å². The molecule has 1 aliphatic heterocycles. The second kappa shape index (κ2) is 5.74. The molecule has 3 rings (SSSR count). The molecule has 2 aliphatic rings. The van der Waals surface area contributed by atoms with E-state index in [9.17, 15) is 9.90 Å². The monoisotopic (exact) mass is 293 g/mol. The van der Waals surface area contributed by atoms with Crippen LogP contribution in [0.5, 0.6) is 0 Å². The number of carbonyl (C=O) groups is 1. The van der Waals surface area contributed by atoms with E-state index < -0.39 is 5.97 Å². The highest BCUT2D eigenvalue weighted by molar-refractivity contribution is 6.31. The number of benzene rings is 1. The molecule has 1 aromatic carbocycles. The molecular weight excluding hydrogens is 274 g/mol. The van der Waals surface area contributed by atoms with Crippen molar-refractivity contribution in [3.05, 3.63) is 34.9 Å². The number of halogens is 1. The molecule has 1 aliphatic carbocycles. The van der Waals surface area contributed by atoms with Gasteiger partial charge in [-0.2, -0.15) is 0 Å². The van der Waals surface area contributed by atoms with Crippen LogP contribution < -0.4 is 0 Å². The van der Waals surface area contributed by atoms with E-state index in [0.29, 0.717) is 18.5 Å². The van der Waals surface area contributed by atoms with Gasteiger partial charge >= 0.3 is 5.97 Å². The molecule has 0 radical (unpaired) electrons. The lowest BCUT2D eigenvalue weighted by Gasteiger charge is -2.33. The Morgan fingerprint density at radius 2 is 2.05 bits per heavy atom. The molecule has 0 amide bonds. The van der Waals surface area contributed by atoms with Crippen LogP contribution in [0.3, 0.4) is 0 Å². The van der Waals surface area contributed by atoms with Crippen molar-refractivity contribution in [2.45, 2.75) is 50.7 Å². The maximum absolute atomic E-state index is 11.6. The number of aliphatic carboxylic acids is 1. The number of hydrogen-bond acceptors (Lipinski definition) is 2. The summed E-state index contributed by atoms with van der Waals surface area (Å²) >= 11 is 6.23. The molecule has 108 valence electrons. The smallest absolute Gasteiger partial charge is 0.320 e. The van der Waals surface area contributed by atoms with Crippen molar-refractivity contribution in [3.63, 3.8) is 0 Å². The van der Waals surface area contributed by atoms with Gasteiger partial charge in [0.05, 0.1) is 0 Å². The molecule has 0 unspecified atom stereocenters. The SMILES string of the molecule is O=C(O)[C@@H]1C[C@H]2CCCC[C@@H]2N1Cc1ccccc1Cl. The highest BCUT2D eigenvalue weighted by Crippen LogP contribution is 2.40. The van der Waals surface area contributed by atoms with E-state index in [1.54, 1.807) is 0 Å². The van der Waals surface area contributed by atoms with Crippen molar-refractivity contribution in [1.29, 1.82) is 0 Å². The molecule has 3 nitrogen and oxygen atoms in total. The van der Waals surface area contributed by atoms with Crippen molar-refractivity contribution in [3.8, 4) is 0 Å². The quantitative estimate of drug-likeness (QED) is 0.926. The van der Waals surface area contributed by atoms with Crippen molar-refractivity contribution >= 4 is 17.6 Å². The van der Waals surface area contributed by atoms with Gasteiger partial charge in [-0.15, -0.1) is 0 Å². The van der Waals surface area contributed by atoms with E-state index in [1.807, 2.05) is 24.3 Å². The lowest BCUT2D eigenvalue weighted by Crippen LogP contribution is -2.41. The third-order valence-electron chi connectivity index (χ3n) is 4.82. The zero-order valence-corrected chi connectivity index (χ0v) is 12.2. The minimum atomic E-state index is -0.688. The summed E-state index contributed by atoms with van der Waals surface area (Å²) in [7, 11) is 0. The second-order valence-electron chi connectivity index (χ2n) is 5.97. The molecule has 0 aromatic heterocycles. The predicted octanol–water partition coefficient (Wildman–Crippen LogP) is 3.56. The van der Waals surface area contributed by atoms with Crippen LogP contribution in [0.1, 0.15) is 37.7 Å². The van der Waals surface area contributed by atoms with Gasteiger partial charge in [0.2, 0.25) is 0 Å². The highest BCUT2D eigenvalue weighted by atomic mass is 35.5. The maximum Gasteiger partial charge on any atom is 0.320 e. The molecule has 1 saturated heterocycles. The highest BCUT2D eigenvalue weighted by Gasteiger charge is 2.45. The van der Waals surface area contributed by atoms with E-state index in [2.05, 4.69) is 4.90 Å². The number of carboxylic acid groups (broad SMARTS) is 1. The molecule has 0 bridgehead atoms. The Labute approximate surface area is 124 Å². The average molecular weight is 294 g/mol. The first-order valence-corrected chi connectivity index (χ1v) is 7.76. The number of hydrogen-bond donors (Lipinski definition) is 1. The van der Waals surface area contributed by atoms with Gasteiger partial charge in [-0.25, -0.2) is 0 Å². The zero-order chi connectivity index (χ0) is 14.1. The summed E-state index contributed by atoms with van der Waals surface area (Å²) in [4.78, 5) is 13.7. The normalized spacial score (nSPS) is 30.1. The van der Waals surface area contributed by atoms with Crippen LogP contribution in [0.2, 0.25) is 5.02 Å². The molecule has 0 spiro atoms. The molecule has 20 heavy (non-hydrogen) atoms. The summed E-state index contributed by atoms with van der Waals surface area (Å²) in [6.07, 6.45) is 5.55. The van der Waals surface area contributed by atoms with E-state index in [4.69, 9.17) is 11.6 Å². The third kappa shape index (κ3) is 2.57. The Bertz CT molecular complexity index is 505. The summed E-state index contributed by atoms with van der Waals surface area (Å²) in [5, 5.41) is 10.2. The Morgan fingerprint density at radius 1 is 1.30 bits per heavy atom. The molecule has 1 aromatic rings. The van der Waals surface area contributed by atoms with Gasteiger partial charge in [-0.1, -0.05) is 42.6 Å². The van der Waals surface area contributed by atoms with Crippen LogP contribution in [0, 0.1) is 5.92 Å². The topological polar surface area (TPSA) is 40.5 Å². The second-order valence-corrected chi connectivity index (χ2v) is 6.37. The van der Waals surface area contributed by atoms with Gasteiger partial charge < -0.3 is 5.11 Å². The fraction of sp³-hybridized carbons (Fsp3) is 0.562. The Hall–Kier alpha value is -1.06. The van der Waals surface area contributed by atoms with Gasteiger partial charge in [0.25, 0.3) is 0 Å². The van der Waals surface area contributed by atoms with Crippen LogP contribution in [0.4, 0.5) is 0 Å². The van der Waals surface area contributed by atoms with Crippen LogP contribution in [0.15, 0.2) is 24.3 Å². The van der Waals surface area contributed by atoms with Gasteiger partial charge in [0.1, 0.15) is 6.04 Å². The van der Waals surface area contributed by atoms with E-state index in [0.717, 1.165) is 23.4 Å². The fourth-order valence-corrected chi connectivity index (χ4v) is 4.04. The summed E-state index contributed by atoms with van der Waals surface area (Å²) in [5.41, 5.74) is 1.03. The van der Waals surface area contributed by atoms with Gasteiger partial charge in [-0.3, -0.25) is 9.69 Å². The first-order chi connectivity index (χ1) is 9.66. The molecule has 1 saturated carbocycles.